The molecule has 0 bridgehead atoms. The predicted octanol–water partition coefficient (Wildman–Crippen LogP) is 6.05. The van der Waals surface area contributed by atoms with Gasteiger partial charge in [0.15, 0.2) is 0 Å². The molecule has 4 rings (SSSR count). The third-order valence-corrected chi connectivity index (χ3v) is 4.75. The van der Waals surface area contributed by atoms with Gasteiger partial charge in [-0.2, -0.15) is 0 Å². The predicted molar refractivity (Wildman–Crippen MR) is 102 cm³/mol. The first-order valence-electron chi connectivity index (χ1n) is 8.22. The Kier molecular flexibility index (Phi) is 4.14. The van der Waals surface area contributed by atoms with Crippen LogP contribution in [0.15, 0.2) is 78.9 Å². The van der Waals surface area contributed by atoms with E-state index in [-0.39, 0.29) is 12.1 Å². The van der Waals surface area contributed by atoms with Crippen molar-refractivity contribution in [2.24, 2.45) is 0 Å². The molecule has 3 heteroatoms. The number of anilines is 2. The molecule has 120 valence electrons. The molecule has 0 aliphatic carbocycles. The molecule has 3 aromatic rings. The molecule has 2 N–H and O–H groups in total. The van der Waals surface area contributed by atoms with E-state index in [0.29, 0.717) is 0 Å². The van der Waals surface area contributed by atoms with Crippen LogP contribution in [-0.2, 0) is 0 Å². The topological polar surface area (TPSA) is 24.1 Å². The summed E-state index contributed by atoms with van der Waals surface area (Å²) in [5, 5.41) is 8.09. The zero-order valence-corrected chi connectivity index (χ0v) is 14.0. The highest BCUT2D eigenvalue weighted by Gasteiger charge is 2.24. The largest absolute Gasteiger partial charge is 0.376 e. The fourth-order valence-electron chi connectivity index (χ4n) is 3.30. The van der Waals surface area contributed by atoms with Crippen LogP contribution in [0.25, 0.3) is 0 Å². The summed E-state index contributed by atoms with van der Waals surface area (Å²) in [6.07, 6.45) is 0.959. The molecule has 0 aromatic heterocycles. The summed E-state index contributed by atoms with van der Waals surface area (Å²) >= 11 is 6.21. The molecule has 0 amide bonds. The summed E-state index contributed by atoms with van der Waals surface area (Å²) in [7, 11) is 0. The van der Waals surface area contributed by atoms with Gasteiger partial charge in [0.2, 0.25) is 0 Å². The fourth-order valence-corrected chi connectivity index (χ4v) is 3.47. The average molecular weight is 335 g/mol. The third kappa shape index (κ3) is 3.10. The summed E-state index contributed by atoms with van der Waals surface area (Å²) in [6, 6.07) is 27.6. The number of hydrogen-bond donors (Lipinski definition) is 2. The van der Waals surface area contributed by atoms with Crippen LogP contribution < -0.4 is 10.6 Å². The molecule has 2 unspecified atom stereocenters. The van der Waals surface area contributed by atoms with Gasteiger partial charge in [-0.15, -0.1) is 0 Å². The Bertz CT molecular complexity index is 818. The van der Waals surface area contributed by atoms with Gasteiger partial charge in [0.05, 0.1) is 23.5 Å². The van der Waals surface area contributed by atoms with Crippen LogP contribution >= 0.6 is 11.6 Å². The lowest BCUT2D eigenvalue weighted by molar-refractivity contribution is 0.623. The molecular formula is C21H19ClN2. The standard InChI is InChI=1S/C21H19ClN2/c22-17-11-12-18-21(13-17)24-20(16-9-5-2-6-10-16)14-19(23-18)15-7-3-1-4-8-15/h1-13,19-20,23-24H,14H2. The highest BCUT2D eigenvalue weighted by atomic mass is 35.5. The molecule has 0 saturated carbocycles. The Balaban J connectivity index is 1.76. The number of fused-ring (bicyclic) bond motifs is 1. The maximum Gasteiger partial charge on any atom is 0.0595 e. The van der Waals surface area contributed by atoms with Gasteiger partial charge in [-0.3, -0.25) is 0 Å². The summed E-state index contributed by atoms with van der Waals surface area (Å²) < 4.78 is 0. The number of rotatable bonds is 2. The number of nitrogens with one attached hydrogen (secondary N) is 2. The summed E-state index contributed by atoms with van der Waals surface area (Å²) in [4.78, 5) is 0. The van der Waals surface area contributed by atoms with Crippen molar-refractivity contribution < 1.29 is 0 Å². The molecule has 3 aromatic carbocycles. The maximum atomic E-state index is 6.21. The van der Waals surface area contributed by atoms with Crippen molar-refractivity contribution in [2.75, 3.05) is 10.6 Å². The van der Waals surface area contributed by atoms with Crippen molar-refractivity contribution in [3.63, 3.8) is 0 Å². The van der Waals surface area contributed by atoms with Gasteiger partial charge in [0, 0.05) is 5.02 Å². The van der Waals surface area contributed by atoms with Gasteiger partial charge in [0.1, 0.15) is 0 Å². The van der Waals surface area contributed by atoms with Gasteiger partial charge in [-0.1, -0.05) is 72.3 Å². The van der Waals surface area contributed by atoms with Crippen molar-refractivity contribution in [3.05, 3.63) is 95.0 Å². The summed E-state index contributed by atoms with van der Waals surface area (Å²) in [5.41, 5.74) is 4.72. The Morgan fingerprint density at radius 3 is 1.79 bits per heavy atom. The SMILES string of the molecule is Clc1ccc2c(c1)NC(c1ccccc1)CC(c1ccccc1)N2. The van der Waals surface area contributed by atoms with Gasteiger partial charge >= 0.3 is 0 Å². The monoisotopic (exact) mass is 334 g/mol. The van der Waals surface area contributed by atoms with E-state index in [1.54, 1.807) is 0 Å². The minimum Gasteiger partial charge on any atom is -0.376 e. The number of halogens is 1. The normalized spacial score (nSPS) is 19.5. The zero-order valence-electron chi connectivity index (χ0n) is 13.2. The van der Waals surface area contributed by atoms with Crippen molar-refractivity contribution >= 4 is 23.0 Å². The highest BCUT2D eigenvalue weighted by Crippen LogP contribution is 2.39. The van der Waals surface area contributed by atoms with E-state index in [4.69, 9.17) is 11.6 Å². The van der Waals surface area contributed by atoms with Gasteiger partial charge < -0.3 is 10.6 Å². The lowest BCUT2D eigenvalue weighted by Crippen LogP contribution is -2.15. The molecule has 0 fully saturated rings. The molecule has 0 radical (unpaired) electrons. The Hall–Kier alpha value is -2.45. The number of hydrogen-bond acceptors (Lipinski definition) is 2. The highest BCUT2D eigenvalue weighted by molar-refractivity contribution is 6.31. The summed E-state index contributed by atoms with van der Waals surface area (Å²) in [6.45, 7) is 0. The van der Waals surface area contributed by atoms with Crippen molar-refractivity contribution in [1.29, 1.82) is 0 Å². The molecule has 2 nitrogen and oxygen atoms in total. The van der Waals surface area contributed by atoms with E-state index in [2.05, 4.69) is 71.3 Å². The molecule has 0 spiro atoms. The third-order valence-electron chi connectivity index (χ3n) is 4.52. The minimum absolute atomic E-state index is 0.226. The van der Waals surface area contributed by atoms with E-state index in [9.17, 15) is 0 Å². The van der Waals surface area contributed by atoms with Crippen LogP contribution in [-0.4, -0.2) is 0 Å². The first-order chi connectivity index (χ1) is 11.8. The van der Waals surface area contributed by atoms with Crippen LogP contribution in [0.5, 0.6) is 0 Å². The van der Waals surface area contributed by atoms with Crippen LogP contribution in [0, 0.1) is 0 Å². The Labute approximate surface area is 147 Å². The van der Waals surface area contributed by atoms with E-state index < -0.39 is 0 Å². The molecule has 0 saturated heterocycles. The molecule has 2 atom stereocenters. The van der Waals surface area contributed by atoms with E-state index in [1.807, 2.05) is 18.2 Å². The van der Waals surface area contributed by atoms with Crippen LogP contribution in [0.3, 0.4) is 0 Å². The smallest absolute Gasteiger partial charge is 0.0595 e. The van der Waals surface area contributed by atoms with Crippen molar-refractivity contribution in [3.8, 4) is 0 Å². The van der Waals surface area contributed by atoms with Gasteiger partial charge in [-0.05, 0) is 35.7 Å². The Morgan fingerprint density at radius 1 is 0.667 bits per heavy atom. The molecule has 24 heavy (non-hydrogen) atoms. The van der Waals surface area contributed by atoms with E-state index in [0.717, 1.165) is 22.8 Å². The lowest BCUT2D eigenvalue weighted by Gasteiger charge is -2.22. The second-order valence-electron chi connectivity index (χ2n) is 6.14. The molecular weight excluding hydrogens is 316 g/mol. The van der Waals surface area contributed by atoms with E-state index >= 15 is 0 Å². The Morgan fingerprint density at radius 2 is 1.21 bits per heavy atom. The summed E-state index contributed by atoms with van der Waals surface area (Å²) in [5.74, 6) is 0. The quantitative estimate of drug-likeness (QED) is 0.596. The zero-order chi connectivity index (χ0) is 16.4. The van der Waals surface area contributed by atoms with E-state index in [1.165, 1.54) is 11.1 Å². The first-order valence-corrected chi connectivity index (χ1v) is 8.60. The van der Waals surface area contributed by atoms with Crippen molar-refractivity contribution in [1.82, 2.24) is 0 Å². The molecule has 1 heterocycles. The fraction of sp³-hybridized carbons (Fsp3) is 0.143. The molecule has 1 aliphatic heterocycles. The van der Waals surface area contributed by atoms with Gasteiger partial charge in [-0.25, -0.2) is 0 Å². The van der Waals surface area contributed by atoms with Crippen molar-refractivity contribution in [2.45, 2.75) is 18.5 Å². The molecule has 1 aliphatic rings. The first kappa shape index (κ1) is 15.1. The number of benzene rings is 3. The average Bonchev–Trinajstić information content (AvgIpc) is 2.82. The maximum absolute atomic E-state index is 6.21. The second-order valence-corrected chi connectivity index (χ2v) is 6.58. The minimum atomic E-state index is 0.226. The van der Waals surface area contributed by atoms with Crippen LogP contribution in [0.1, 0.15) is 29.6 Å². The second kappa shape index (κ2) is 6.58. The van der Waals surface area contributed by atoms with Crippen LogP contribution in [0.2, 0.25) is 5.02 Å². The van der Waals surface area contributed by atoms with Gasteiger partial charge in [0.25, 0.3) is 0 Å². The van der Waals surface area contributed by atoms with Crippen LogP contribution in [0.4, 0.5) is 11.4 Å². The lowest BCUT2D eigenvalue weighted by atomic mass is 9.95.